The third-order valence-electron chi connectivity index (χ3n) is 4.74. The topological polar surface area (TPSA) is 123 Å². The molecule has 8 nitrogen and oxygen atoms in total. The van der Waals surface area contributed by atoms with Crippen molar-refractivity contribution in [2.75, 3.05) is 33.1 Å². The summed E-state index contributed by atoms with van der Waals surface area (Å²) < 4.78 is 37.0. The number of phosphoric acid groups is 1. The van der Waals surface area contributed by atoms with Gasteiger partial charge in [-0.2, -0.15) is 0 Å². The van der Waals surface area contributed by atoms with E-state index in [0.29, 0.717) is 13.0 Å². The van der Waals surface area contributed by atoms with Crippen LogP contribution < -0.4 is 0 Å². The second-order valence-electron chi connectivity index (χ2n) is 9.36. The molecule has 176 valence electrons. The van der Waals surface area contributed by atoms with E-state index in [-0.39, 0.29) is 24.0 Å². The highest BCUT2D eigenvalue weighted by atomic mass is 31.2. The molecule has 0 heterocycles. The van der Waals surface area contributed by atoms with E-state index in [1.165, 1.54) is 6.66 Å². The first-order chi connectivity index (χ1) is 13.1. The van der Waals surface area contributed by atoms with Gasteiger partial charge >= 0.3 is 15.4 Å². The Kier molecular flexibility index (Phi) is 13.7. The zero-order valence-electron chi connectivity index (χ0n) is 18.8. The third-order valence-corrected chi connectivity index (χ3v) is 5.86. The molecule has 0 spiro atoms. The minimum atomic E-state index is -4.35. The number of rotatable bonds is 18. The lowest BCUT2D eigenvalue weighted by molar-refractivity contribution is 0.113. The van der Waals surface area contributed by atoms with Gasteiger partial charge in [-0.05, 0) is 49.4 Å². The molecule has 3 N–H and O–H groups in total. The molecule has 0 saturated carbocycles. The number of phosphoric ester groups is 1. The van der Waals surface area contributed by atoms with Crippen LogP contribution in [0.3, 0.4) is 0 Å². The Labute approximate surface area is 176 Å². The fourth-order valence-electron chi connectivity index (χ4n) is 2.94. The van der Waals surface area contributed by atoms with Crippen molar-refractivity contribution in [1.29, 1.82) is 0 Å². The van der Waals surface area contributed by atoms with Gasteiger partial charge in [-0.3, -0.25) is 9.09 Å². The minimum Gasteiger partial charge on any atom is -0.381 e. The maximum Gasteiger partial charge on any atom is 0.469 e. The SMILES string of the molecule is CC(C)(CCCCOCCCCC(C)(C)COP(C)(=O)O)CCCOP(=O)(O)O. The van der Waals surface area contributed by atoms with Gasteiger partial charge in [-0.25, -0.2) is 4.57 Å². The minimum absolute atomic E-state index is 0.0809. The van der Waals surface area contributed by atoms with Gasteiger partial charge in [-0.15, -0.1) is 0 Å². The second-order valence-corrected chi connectivity index (χ2v) is 12.5. The van der Waals surface area contributed by atoms with E-state index in [1.54, 1.807) is 0 Å². The highest BCUT2D eigenvalue weighted by molar-refractivity contribution is 7.51. The normalized spacial score (nSPS) is 15.4. The fourth-order valence-corrected chi connectivity index (χ4v) is 3.90. The molecule has 0 saturated heterocycles. The average molecular weight is 460 g/mol. The Morgan fingerprint density at radius 3 is 1.66 bits per heavy atom. The van der Waals surface area contributed by atoms with E-state index in [0.717, 1.165) is 51.6 Å². The molecule has 0 amide bonds. The molecule has 0 rings (SSSR count). The maximum atomic E-state index is 11.2. The zero-order valence-corrected chi connectivity index (χ0v) is 20.6. The van der Waals surface area contributed by atoms with Gasteiger partial charge < -0.3 is 23.9 Å². The van der Waals surface area contributed by atoms with Crippen molar-refractivity contribution >= 4 is 15.4 Å². The van der Waals surface area contributed by atoms with E-state index in [4.69, 9.17) is 19.0 Å². The van der Waals surface area contributed by atoms with Gasteiger partial charge in [-0.1, -0.05) is 40.5 Å². The number of ether oxygens (including phenoxy) is 1. The van der Waals surface area contributed by atoms with Crippen LogP contribution in [0.5, 0.6) is 0 Å². The van der Waals surface area contributed by atoms with Gasteiger partial charge in [0.1, 0.15) is 0 Å². The van der Waals surface area contributed by atoms with Crippen LogP contribution in [-0.2, 0) is 22.9 Å². The largest absolute Gasteiger partial charge is 0.469 e. The molecule has 0 aliphatic rings. The highest BCUT2D eigenvalue weighted by Crippen LogP contribution is 2.40. The van der Waals surface area contributed by atoms with Crippen LogP contribution in [0.2, 0.25) is 0 Å². The Morgan fingerprint density at radius 2 is 1.17 bits per heavy atom. The summed E-state index contributed by atoms with van der Waals surface area (Å²) in [6, 6.07) is 0. The van der Waals surface area contributed by atoms with Crippen LogP contribution in [-0.4, -0.2) is 47.8 Å². The van der Waals surface area contributed by atoms with Crippen molar-refractivity contribution in [1.82, 2.24) is 0 Å². The molecule has 10 heteroatoms. The number of hydrogen-bond acceptors (Lipinski definition) is 5. The molecule has 0 bridgehead atoms. The van der Waals surface area contributed by atoms with E-state index in [1.807, 2.05) is 13.8 Å². The lowest BCUT2D eigenvalue weighted by Crippen LogP contribution is -2.18. The van der Waals surface area contributed by atoms with Crippen LogP contribution in [0.25, 0.3) is 0 Å². The molecule has 0 aliphatic heterocycles. The van der Waals surface area contributed by atoms with Gasteiger partial charge in [0.2, 0.25) is 0 Å². The van der Waals surface area contributed by atoms with Crippen LogP contribution >= 0.6 is 15.4 Å². The second kappa shape index (κ2) is 13.6. The lowest BCUT2D eigenvalue weighted by atomic mass is 9.83. The molecular formula is C19H42O8P2. The van der Waals surface area contributed by atoms with Crippen LogP contribution in [0.1, 0.15) is 79.1 Å². The van der Waals surface area contributed by atoms with Crippen molar-refractivity contribution < 1.29 is 37.6 Å². The van der Waals surface area contributed by atoms with Crippen LogP contribution in [0.15, 0.2) is 0 Å². The molecular weight excluding hydrogens is 418 g/mol. The Hall–Kier alpha value is 0.220. The van der Waals surface area contributed by atoms with Crippen molar-refractivity contribution in [3.63, 3.8) is 0 Å². The van der Waals surface area contributed by atoms with Crippen molar-refractivity contribution in [3.05, 3.63) is 0 Å². The number of unbranched alkanes of at least 4 members (excludes halogenated alkanes) is 2. The standard InChI is InChI=1S/C19H42O8P2/c1-18(2,13-10-16-26-29(22,23)24)11-6-8-14-25-15-9-7-12-19(3,4)17-27-28(5,20)21/h6-17H2,1-5H3,(H,20,21)(H2,22,23,24). The summed E-state index contributed by atoms with van der Waals surface area (Å²) in [5.41, 5.74) is -0.0146. The lowest BCUT2D eigenvalue weighted by Gasteiger charge is -2.25. The summed E-state index contributed by atoms with van der Waals surface area (Å²) in [5.74, 6) is 0. The van der Waals surface area contributed by atoms with Crippen molar-refractivity contribution in [2.24, 2.45) is 10.8 Å². The van der Waals surface area contributed by atoms with Crippen LogP contribution in [0.4, 0.5) is 0 Å². The molecule has 0 radical (unpaired) electrons. The first-order valence-corrected chi connectivity index (χ1v) is 13.9. The molecule has 29 heavy (non-hydrogen) atoms. The molecule has 0 aromatic heterocycles. The first kappa shape index (κ1) is 29.2. The van der Waals surface area contributed by atoms with Crippen LogP contribution in [0, 0.1) is 10.8 Å². The van der Waals surface area contributed by atoms with E-state index >= 15 is 0 Å². The molecule has 0 aromatic carbocycles. The predicted octanol–water partition coefficient (Wildman–Crippen LogP) is 5.12. The average Bonchev–Trinajstić information content (AvgIpc) is 2.54. The number of hydrogen-bond donors (Lipinski definition) is 3. The summed E-state index contributed by atoms with van der Waals surface area (Å²) in [7, 11) is -7.77. The quantitative estimate of drug-likeness (QED) is 0.190. The molecule has 0 fully saturated rings. The van der Waals surface area contributed by atoms with E-state index < -0.39 is 15.4 Å². The van der Waals surface area contributed by atoms with E-state index in [9.17, 15) is 14.0 Å². The Morgan fingerprint density at radius 1 is 0.690 bits per heavy atom. The molecule has 0 aliphatic carbocycles. The van der Waals surface area contributed by atoms with Gasteiger partial charge in [0.05, 0.1) is 13.2 Å². The molecule has 1 unspecified atom stereocenters. The fraction of sp³-hybridized carbons (Fsp3) is 1.00. The summed E-state index contributed by atoms with van der Waals surface area (Å²) in [6.45, 7) is 11.4. The Balaban J connectivity index is 3.65. The first-order valence-electron chi connectivity index (χ1n) is 10.3. The van der Waals surface area contributed by atoms with E-state index in [2.05, 4.69) is 18.4 Å². The predicted molar refractivity (Wildman–Crippen MR) is 115 cm³/mol. The summed E-state index contributed by atoms with van der Waals surface area (Å²) in [4.78, 5) is 26.5. The summed E-state index contributed by atoms with van der Waals surface area (Å²) in [5, 5.41) is 0. The van der Waals surface area contributed by atoms with Crippen molar-refractivity contribution in [3.8, 4) is 0 Å². The zero-order chi connectivity index (χ0) is 22.6. The monoisotopic (exact) mass is 460 g/mol. The third kappa shape index (κ3) is 21.2. The molecule has 0 aromatic rings. The smallest absolute Gasteiger partial charge is 0.381 e. The molecule has 1 atom stereocenters. The van der Waals surface area contributed by atoms with Gasteiger partial charge in [0, 0.05) is 19.9 Å². The Bertz CT molecular complexity index is 524. The highest BCUT2D eigenvalue weighted by Gasteiger charge is 2.22. The summed E-state index contributed by atoms with van der Waals surface area (Å²) >= 11 is 0. The maximum absolute atomic E-state index is 11.2. The van der Waals surface area contributed by atoms with Gasteiger partial charge in [0.15, 0.2) is 0 Å². The summed E-state index contributed by atoms with van der Waals surface area (Å²) in [6.07, 6.45) is 7.42. The van der Waals surface area contributed by atoms with Crippen molar-refractivity contribution in [2.45, 2.75) is 79.1 Å². The van der Waals surface area contributed by atoms with Gasteiger partial charge in [0.25, 0.3) is 0 Å².